The highest BCUT2D eigenvalue weighted by Gasteiger charge is 2.38. The van der Waals surface area contributed by atoms with E-state index in [-0.39, 0.29) is 0 Å². The molecule has 0 aromatic rings. The molecule has 0 atom stereocenters. The monoisotopic (exact) mass is 185 g/mol. The molecule has 3 heteroatoms. The summed E-state index contributed by atoms with van der Waals surface area (Å²) in [5.74, 6) is -0.666. The van der Waals surface area contributed by atoms with Gasteiger partial charge in [-0.3, -0.25) is 4.79 Å². The minimum Gasteiger partial charge on any atom is -0.480 e. The highest BCUT2D eigenvalue weighted by Crippen LogP contribution is 2.28. The summed E-state index contributed by atoms with van der Waals surface area (Å²) in [6, 6.07) is 0. The molecular formula is C10H19NO2. The Labute approximate surface area is 79.5 Å². The molecule has 0 spiro atoms. The fourth-order valence-electron chi connectivity index (χ4n) is 1.99. The molecule has 13 heavy (non-hydrogen) atoms. The first-order valence-electron chi connectivity index (χ1n) is 5.20. The summed E-state index contributed by atoms with van der Waals surface area (Å²) in [5, 5.41) is 12.3. The summed E-state index contributed by atoms with van der Waals surface area (Å²) in [7, 11) is 0. The number of rotatable bonds is 4. The number of nitrogens with one attached hydrogen (secondary N) is 1. The van der Waals surface area contributed by atoms with Crippen LogP contribution in [0.3, 0.4) is 0 Å². The predicted molar refractivity (Wildman–Crippen MR) is 51.7 cm³/mol. The summed E-state index contributed by atoms with van der Waals surface area (Å²) in [5.41, 5.74) is -0.603. The third-order valence-corrected chi connectivity index (χ3v) is 2.83. The van der Waals surface area contributed by atoms with Gasteiger partial charge in [-0.1, -0.05) is 26.2 Å². The number of carboxylic acid groups (broad SMARTS) is 1. The van der Waals surface area contributed by atoms with E-state index in [1.54, 1.807) is 0 Å². The van der Waals surface area contributed by atoms with Gasteiger partial charge in [0.1, 0.15) is 5.54 Å². The summed E-state index contributed by atoms with van der Waals surface area (Å²) in [6.07, 6.45) is 5.86. The normalized spacial score (nSPS) is 21.3. The van der Waals surface area contributed by atoms with Gasteiger partial charge in [0, 0.05) is 0 Å². The fraction of sp³-hybridized carbons (Fsp3) is 0.900. The third-order valence-electron chi connectivity index (χ3n) is 2.83. The molecule has 2 N–H and O–H groups in total. The summed E-state index contributed by atoms with van der Waals surface area (Å²) >= 11 is 0. The van der Waals surface area contributed by atoms with Crippen molar-refractivity contribution in [2.45, 2.75) is 51.0 Å². The van der Waals surface area contributed by atoms with Crippen LogP contribution in [-0.4, -0.2) is 23.2 Å². The Morgan fingerprint density at radius 2 is 2.00 bits per heavy atom. The van der Waals surface area contributed by atoms with Crippen LogP contribution >= 0.6 is 0 Å². The van der Waals surface area contributed by atoms with E-state index in [0.29, 0.717) is 0 Å². The van der Waals surface area contributed by atoms with Crippen LogP contribution in [-0.2, 0) is 4.79 Å². The molecule has 0 aromatic heterocycles. The lowest BCUT2D eigenvalue weighted by Gasteiger charge is -2.34. The van der Waals surface area contributed by atoms with Crippen LogP contribution in [0.4, 0.5) is 0 Å². The van der Waals surface area contributed by atoms with Gasteiger partial charge in [0.2, 0.25) is 0 Å². The second kappa shape index (κ2) is 4.61. The van der Waals surface area contributed by atoms with E-state index in [9.17, 15) is 4.79 Å². The largest absolute Gasteiger partial charge is 0.480 e. The minimum atomic E-state index is -0.666. The number of aliphatic carboxylic acids is 1. The molecular weight excluding hydrogens is 166 g/mol. The van der Waals surface area contributed by atoms with Crippen molar-refractivity contribution >= 4 is 5.97 Å². The molecule has 0 amide bonds. The van der Waals surface area contributed by atoms with Crippen LogP contribution in [0.5, 0.6) is 0 Å². The van der Waals surface area contributed by atoms with Crippen LogP contribution in [0, 0.1) is 0 Å². The Kier molecular flexibility index (Phi) is 3.72. The van der Waals surface area contributed by atoms with Gasteiger partial charge in [-0.05, 0) is 25.8 Å². The zero-order valence-corrected chi connectivity index (χ0v) is 8.31. The second-order valence-corrected chi connectivity index (χ2v) is 3.87. The Morgan fingerprint density at radius 3 is 2.46 bits per heavy atom. The molecule has 1 aliphatic rings. The van der Waals surface area contributed by atoms with Crippen LogP contribution < -0.4 is 5.32 Å². The van der Waals surface area contributed by atoms with Gasteiger partial charge in [0.05, 0.1) is 0 Å². The molecule has 0 saturated heterocycles. The molecule has 0 aromatic carbocycles. The van der Waals surface area contributed by atoms with Gasteiger partial charge in [0.15, 0.2) is 0 Å². The van der Waals surface area contributed by atoms with E-state index in [1.165, 1.54) is 6.42 Å². The fourth-order valence-corrected chi connectivity index (χ4v) is 1.99. The maximum Gasteiger partial charge on any atom is 0.323 e. The second-order valence-electron chi connectivity index (χ2n) is 3.87. The van der Waals surface area contributed by atoms with E-state index in [2.05, 4.69) is 12.2 Å². The average molecular weight is 185 g/mol. The molecule has 1 aliphatic carbocycles. The van der Waals surface area contributed by atoms with Gasteiger partial charge in [-0.25, -0.2) is 0 Å². The van der Waals surface area contributed by atoms with Crippen molar-refractivity contribution in [1.82, 2.24) is 5.32 Å². The summed E-state index contributed by atoms with van der Waals surface area (Å²) in [4.78, 5) is 11.1. The molecule has 0 heterocycles. The quantitative estimate of drug-likeness (QED) is 0.701. The van der Waals surface area contributed by atoms with Crippen molar-refractivity contribution in [2.75, 3.05) is 6.54 Å². The third kappa shape index (κ3) is 2.44. The van der Waals surface area contributed by atoms with E-state index < -0.39 is 11.5 Å². The van der Waals surface area contributed by atoms with E-state index in [4.69, 9.17) is 5.11 Å². The molecule has 1 rings (SSSR count). The maximum atomic E-state index is 11.1. The highest BCUT2D eigenvalue weighted by molar-refractivity contribution is 5.78. The molecule has 3 nitrogen and oxygen atoms in total. The number of hydrogen-bond acceptors (Lipinski definition) is 2. The van der Waals surface area contributed by atoms with Gasteiger partial charge in [0.25, 0.3) is 0 Å². The number of carbonyl (C=O) groups is 1. The Hall–Kier alpha value is -0.570. The lowest BCUT2D eigenvalue weighted by Crippen LogP contribution is -2.53. The highest BCUT2D eigenvalue weighted by atomic mass is 16.4. The van der Waals surface area contributed by atoms with Crippen LogP contribution in [0.2, 0.25) is 0 Å². The van der Waals surface area contributed by atoms with Crippen molar-refractivity contribution in [2.24, 2.45) is 0 Å². The first kappa shape index (κ1) is 10.5. The van der Waals surface area contributed by atoms with Crippen LogP contribution in [0.1, 0.15) is 45.4 Å². The molecule has 0 radical (unpaired) electrons. The molecule has 1 saturated carbocycles. The lowest BCUT2D eigenvalue weighted by atomic mass is 9.81. The number of carboxylic acids is 1. The van der Waals surface area contributed by atoms with Crippen LogP contribution in [0.15, 0.2) is 0 Å². The topological polar surface area (TPSA) is 49.3 Å². The lowest BCUT2D eigenvalue weighted by molar-refractivity contribution is -0.146. The van der Waals surface area contributed by atoms with Gasteiger partial charge >= 0.3 is 5.97 Å². The zero-order chi connectivity index (χ0) is 9.73. The summed E-state index contributed by atoms with van der Waals surface area (Å²) < 4.78 is 0. The molecule has 0 unspecified atom stereocenters. The van der Waals surface area contributed by atoms with Gasteiger partial charge in [-0.2, -0.15) is 0 Å². The van der Waals surface area contributed by atoms with Crippen molar-refractivity contribution in [1.29, 1.82) is 0 Å². The average Bonchev–Trinajstić information content (AvgIpc) is 2.16. The molecule has 0 bridgehead atoms. The molecule has 1 fully saturated rings. The molecule has 0 aliphatic heterocycles. The van der Waals surface area contributed by atoms with Crippen molar-refractivity contribution in [3.8, 4) is 0 Å². The van der Waals surface area contributed by atoms with Gasteiger partial charge < -0.3 is 10.4 Å². The number of hydrogen-bond donors (Lipinski definition) is 2. The minimum absolute atomic E-state index is 0.603. The Balaban J connectivity index is 2.56. The Morgan fingerprint density at radius 1 is 1.38 bits per heavy atom. The SMILES string of the molecule is CCCNC1(C(=O)O)CCCCC1. The van der Waals surface area contributed by atoms with E-state index in [0.717, 1.165) is 38.6 Å². The predicted octanol–water partition coefficient (Wildman–Crippen LogP) is 1.77. The van der Waals surface area contributed by atoms with Gasteiger partial charge in [-0.15, -0.1) is 0 Å². The van der Waals surface area contributed by atoms with Crippen LogP contribution in [0.25, 0.3) is 0 Å². The smallest absolute Gasteiger partial charge is 0.323 e. The van der Waals surface area contributed by atoms with E-state index in [1.807, 2.05) is 0 Å². The van der Waals surface area contributed by atoms with Crippen molar-refractivity contribution in [3.63, 3.8) is 0 Å². The van der Waals surface area contributed by atoms with E-state index >= 15 is 0 Å². The molecule has 76 valence electrons. The maximum absolute atomic E-state index is 11.1. The van der Waals surface area contributed by atoms with Crippen molar-refractivity contribution in [3.05, 3.63) is 0 Å². The first-order chi connectivity index (χ1) is 6.21. The van der Waals surface area contributed by atoms with Crippen molar-refractivity contribution < 1.29 is 9.90 Å². The Bertz CT molecular complexity index is 174. The summed E-state index contributed by atoms with van der Waals surface area (Å²) in [6.45, 7) is 2.87. The zero-order valence-electron chi connectivity index (χ0n) is 8.31. The first-order valence-corrected chi connectivity index (χ1v) is 5.20. The standard InChI is InChI=1S/C10H19NO2/c1-2-8-11-10(9(12)13)6-4-3-5-7-10/h11H,2-8H2,1H3,(H,12,13).